The first-order chi connectivity index (χ1) is 15.5. The van der Waals surface area contributed by atoms with Gasteiger partial charge >= 0.3 is 0 Å². The van der Waals surface area contributed by atoms with Gasteiger partial charge in [0.05, 0.1) is 16.9 Å². The Hall–Kier alpha value is -3.55. The second kappa shape index (κ2) is 8.18. The Morgan fingerprint density at radius 1 is 1.12 bits per heavy atom. The van der Waals surface area contributed by atoms with Crippen LogP contribution in [0, 0.1) is 5.82 Å². The quantitative estimate of drug-likeness (QED) is 0.385. The Labute approximate surface area is 185 Å². The smallest absolute Gasteiger partial charge is 0.155 e. The van der Waals surface area contributed by atoms with Crippen LogP contribution in [0.2, 0.25) is 0 Å². The molecule has 32 heavy (non-hydrogen) atoms. The van der Waals surface area contributed by atoms with Gasteiger partial charge in [0.1, 0.15) is 11.6 Å². The van der Waals surface area contributed by atoms with Crippen molar-refractivity contribution in [2.75, 3.05) is 17.2 Å². The summed E-state index contributed by atoms with van der Waals surface area (Å²) in [4.78, 5) is 4.32. The third kappa shape index (κ3) is 3.77. The Bertz CT molecular complexity index is 1230. The van der Waals surface area contributed by atoms with Crippen molar-refractivity contribution in [2.24, 2.45) is 0 Å². The van der Waals surface area contributed by atoms with Gasteiger partial charge in [-0.25, -0.2) is 4.39 Å². The van der Waals surface area contributed by atoms with Gasteiger partial charge in [0.25, 0.3) is 0 Å². The average molecular weight is 432 g/mol. The summed E-state index contributed by atoms with van der Waals surface area (Å²) < 4.78 is 14.3. The van der Waals surface area contributed by atoms with Gasteiger partial charge < -0.3 is 10.6 Å². The van der Waals surface area contributed by atoms with Crippen LogP contribution < -0.4 is 10.6 Å². The average Bonchev–Trinajstić information content (AvgIpc) is 3.16. The van der Waals surface area contributed by atoms with Gasteiger partial charge in [-0.3, -0.25) is 10.1 Å². The van der Waals surface area contributed by atoms with Crippen molar-refractivity contribution in [1.29, 1.82) is 0 Å². The predicted octanol–water partition coefficient (Wildman–Crippen LogP) is 4.91. The Balaban J connectivity index is 1.33. The first kappa shape index (κ1) is 20.4. The molecule has 0 aliphatic heterocycles. The van der Waals surface area contributed by atoms with E-state index in [4.69, 9.17) is 0 Å². The zero-order valence-electron chi connectivity index (χ0n) is 18.2. The number of anilines is 2. The van der Waals surface area contributed by atoms with Crippen LogP contribution >= 0.6 is 0 Å². The molecule has 4 aromatic rings. The minimum atomic E-state index is -0.280. The highest BCUT2D eigenvalue weighted by Gasteiger charge is 2.41. The first-order valence-corrected chi connectivity index (χ1v) is 11.0. The highest BCUT2D eigenvalue weighted by molar-refractivity contribution is 5.92. The lowest BCUT2D eigenvalue weighted by molar-refractivity contribution is 0.243. The van der Waals surface area contributed by atoms with E-state index >= 15 is 0 Å². The topological polar surface area (TPSA) is 91.4 Å². The van der Waals surface area contributed by atoms with Crippen LogP contribution in [0.1, 0.15) is 38.8 Å². The molecule has 1 saturated carbocycles. The van der Waals surface area contributed by atoms with Crippen molar-refractivity contribution in [3.63, 3.8) is 0 Å². The van der Waals surface area contributed by atoms with Gasteiger partial charge in [-0.2, -0.15) is 5.10 Å². The highest BCUT2D eigenvalue weighted by atomic mass is 19.1. The molecule has 7 nitrogen and oxygen atoms in total. The normalized spacial score (nSPS) is 15.0. The molecule has 3 aromatic heterocycles. The SMILES string of the molecule is CC(C)Nc1n[nH]c2ccc(-c3ccc(NCC4(c5ncccc5F)CCC4)nn3)cc12. The maximum atomic E-state index is 14.3. The first-order valence-electron chi connectivity index (χ1n) is 11.0. The third-order valence-electron chi connectivity index (χ3n) is 6.13. The molecule has 1 aliphatic carbocycles. The Morgan fingerprint density at radius 2 is 2.00 bits per heavy atom. The molecule has 0 atom stereocenters. The molecule has 8 heteroatoms. The minimum Gasteiger partial charge on any atom is -0.368 e. The second-order valence-electron chi connectivity index (χ2n) is 8.76. The van der Waals surface area contributed by atoms with E-state index in [0.717, 1.165) is 47.2 Å². The van der Waals surface area contributed by atoms with Crippen LogP contribution in [0.3, 0.4) is 0 Å². The molecule has 0 bridgehead atoms. The lowest BCUT2D eigenvalue weighted by atomic mass is 9.66. The predicted molar refractivity (Wildman–Crippen MR) is 124 cm³/mol. The van der Waals surface area contributed by atoms with E-state index < -0.39 is 0 Å². The number of rotatable bonds is 7. The fraction of sp³-hybridized carbons (Fsp3) is 0.333. The number of aromatic nitrogens is 5. The third-order valence-corrected chi connectivity index (χ3v) is 6.13. The van der Waals surface area contributed by atoms with Crippen LogP contribution in [-0.4, -0.2) is 38.0 Å². The van der Waals surface area contributed by atoms with Crippen LogP contribution in [0.4, 0.5) is 16.0 Å². The lowest BCUT2D eigenvalue weighted by Gasteiger charge is -2.41. The molecule has 0 saturated heterocycles. The number of nitrogens with zero attached hydrogens (tertiary/aromatic N) is 4. The molecule has 1 aromatic carbocycles. The molecule has 0 radical (unpaired) electrons. The standard InChI is InChI=1S/C24H26FN7/c1-15(2)28-23-17-13-16(6-7-20(17)30-32-23)19-8-9-21(31-29-19)27-14-24(10-4-11-24)22-18(25)5-3-12-26-22/h3,5-9,12-13,15H,4,10-11,14H2,1-2H3,(H,27,31)(H2,28,30,32). The number of H-pyrrole nitrogens is 1. The van der Waals surface area contributed by atoms with Crippen LogP contribution in [0.25, 0.3) is 22.2 Å². The monoisotopic (exact) mass is 431 g/mol. The van der Waals surface area contributed by atoms with E-state index in [1.807, 2.05) is 24.3 Å². The summed E-state index contributed by atoms with van der Waals surface area (Å²) >= 11 is 0. The highest BCUT2D eigenvalue weighted by Crippen LogP contribution is 2.43. The number of hydrogen-bond acceptors (Lipinski definition) is 6. The van der Waals surface area contributed by atoms with Crippen molar-refractivity contribution in [3.8, 4) is 11.3 Å². The largest absolute Gasteiger partial charge is 0.368 e. The molecule has 0 unspecified atom stereocenters. The summed E-state index contributed by atoms with van der Waals surface area (Å²) in [5.74, 6) is 1.26. The Kier molecular flexibility index (Phi) is 5.20. The van der Waals surface area contributed by atoms with Crippen molar-refractivity contribution in [1.82, 2.24) is 25.4 Å². The van der Waals surface area contributed by atoms with Crippen molar-refractivity contribution in [2.45, 2.75) is 44.6 Å². The zero-order chi connectivity index (χ0) is 22.1. The fourth-order valence-corrected chi connectivity index (χ4v) is 4.27. The fourth-order valence-electron chi connectivity index (χ4n) is 4.27. The number of aromatic amines is 1. The number of halogens is 1. The number of fused-ring (bicyclic) bond motifs is 1. The van der Waals surface area contributed by atoms with E-state index in [9.17, 15) is 4.39 Å². The number of hydrogen-bond donors (Lipinski definition) is 3. The van der Waals surface area contributed by atoms with Crippen molar-refractivity contribution in [3.05, 3.63) is 60.2 Å². The van der Waals surface area contributed by atoms with Gasteiger partial charge in [-0.05, 0) is 63.1 Å². The summed E-state index contributed by atoms with van der Waals surface area (Å²) in [7, 11) is 0. The van der Waals surface area contributed by atoms with E-state index in [1.165, 1.54) is 6.07 Å². The maximum Gasteiger partial charge on any atom is 0.155 e. The molecular weight excluding hydrogens is 405 g/mol. The molecule has 1 fully saturated rings. The molecule has 1 aliphatic rings. The minimum absolute atomic E-state index is 0.239. The molecule has 3 N–H and O–H groups in total. The maximum absolute atomic E-state index is 14.3. The summed E-state index contributed by atoms with van der Waals surface area (Å²) in [6, 6.07) is 13.3. The molecule has 164 valence electrons. The van der Waals surface area contributed by atoms with Gasteiger partial charge in [-0.15, -0.1) is 10.2 Å². The van der Waals surface area contributed by atoms with Gasteiger partial charge in [-0.1, -0.05) is 12.5 Å². The van der Waals surface area contributed by atoms with Crippen LogP contribution in [-0.2, 0) is 5.41 Å². The van der Waals surface area contributed by atoms with E-state index in [-0.39, 0.29) is 17.3 Å². The summed E-state index contributed by atoms with van der Waals surface area (Å²) in [5, 5.41) is 23.9. The molecular formula is C24H26FN7. The lowest BCUT2D eigenvalue weighted by Crippen LogP contribution is -2.42. The van der Waals surface area contributed by atoms with E-state index in [0.29, 0.717) is 18.1 Å². The summed E-state index contributed by atoms with van der Waals surface area (Å²) in [6.07, 6.45) is 4.56. The number of pyridine rings is 1. The molecule has 3 heterocycles. The van der Waals surface area contributed by atoms with Gasteiger partial charge in [0.2, 0.25) is 0 Å². The number of benzene rings is 1. The van der Waals surface area contributed by atoms with Crippen LogP contribution in [0.5, 0.6) is 0 Å². The second-order valence-corrected chi connectivity index (χ2v) is 8.76. The van der Waals surface area contributed by atoms with E-state index in [1.54, 1.807) is 12.3 Å². The van der Waals surface area contributed by atoms with E-state index in [2.05, 4.69) is 55.9 Å². The molecule has 5 rings (SSSR count). The summed E-state index contributed by atoms with van der Waals surface area (Å²) in [5.41, 5.74) is 2.98. The summed E-state index contributed by atoms with van der Waals surface area (Å²) in [6.45, 7) is 4.75. The zero-order valence-corrected chi connectivity index (χ0v) is 18.2. The van der Waals surface area contributed by atoms with Crippen molar-refractivity contribution < 1.29 is 4.39 Å². The van der Waals surface area contributed by atoms with Gasteiger partial charge in [0, 0.05) is 35.1 Å². The Morgan fingerprint density at radius 3 is 2.69 bits per heavy atom. The van der Waals surface area contributed by atoms with Crippen LogP contribution in [0.15, 0.2) is 48.7 Å². The van der Waals surface area contributed by atoms with Crippen molar-refractivity contribution >= 4 is 22.5 Å². The molecule has 0 spiro atoms. The van der Waals surface area contributed by atoms with Gasteiger partial charge in [0.15, 0.2) is 5.82 Å². The number of nitrogens with one attached hydrogen (secondary N) is 3. The molecule has 0 amide bonds.